The van der Waals surface area contributed by atoms with Gasteiger partial charge in [-0.05, 0) is 25.5 Å². The van der Waals surface area contributed by atoms with Crippen LogP contribution in [-0.4, -0.2) is 75.0 Å². The average Bonchev–Trinajstić information content (AvgIpc) is 3.03. The van der Waals surface area contributed by atoms with Crippen molar-refractivity contribution in [3.63, 3.8) is 0 Å². The molecule has 0 saturated carbocycles. The molecule has 1 heterocycles. The highest BCUT2D eigenvalue weighted by molar-refractivity contribution is 7.91. The molecule has 0 bridgehead atoms. The number of nitrogens with one attached hydrogen (secondary N) is 1. The van der Waals surface area contributed by atoms with Crippen molar-refractivity contribution >= 4 is 27.6 Å². The third-order valence-corrected chi connectivity index (χ3v) is 5.96. The van der Waals surface area contributed by atoms with Gasteiger partial charge in [0.2, 0.25) is 0 Å². The maximum absolute atomic E-state index is 12.2. The molecule has 9 nitrogen and oxygen atoms in total. The van der Waals surface area contributed by atoms with Crippen LogP contribution in [0.3, 0.4) is 0 Å². The van der Waals surface area contributed by atoms with E-state index in [1.807, 2.05) is 6.07 Å². The van der Waals surface area contributed by atoms with Crippen molar-refractivity contribution in [2.75, 3.05) is 37.8 Å². The molecule has 1 aliphatic rings. The molecule has 0 radical (unpaired) electrons. The molecule has 2 amide bonds. The van der Waals surface area contributed by atoms with Gasteiger partial charge in [-0.2, -0.15) is 0 Å². The lowest BCUT2D eigenvalue weighted by molar-refractivity contribution is -0.152. The van der Waals surface area contributed by atoms with Crippen LogP contribution in [0.15, 0.2) is 30.3 Å². The summed E-state index contributed by atoms with van der Waals surface area (Å²) in [5.41, 5.74) is 0. The third-order valence-electron chi connectivity index (χ3n) is 4.21. The number of para-hydroxylation sites is 1. The van der Waals surface area contributed by atoms with E-state index in [4.69, 9.17) is 9.47 Å². The monoisotopic (exact) mass is 412 g/mol. The minimum Gasteiger partial charge on any atom is -0.484 e. The van der Waals surface area contributed by atoms with Gasteiger partial charge in [0.05, 0.1) is 11.5 Å². The molecule has 0 spiro atoms. The molecule has 1 aromatic rings. The number of amides is 2. The Bertz CT molecular complexity index is 795. The molecule has 1 unspecified atom stereocenters. The molecule has 28 heavy (non-hydrogen) atoms. The topological polar surface area (TPSA) is 119 Å². The first kappa shape index (κ1) is 21.7. The van der Waals surface area contributed by atoms with Crippen LogP contribution in [0.1, 0.15) is 13.3 Å². The largest absolute Gasteiger partial charge is 0.484 e. The van der Waals surface area contributed by atoms with Gasteiger partial charge in [0.1, 0.15) is 12.3 Å². The van der Waals surface area contributed by atoms with Gasteiger partial charge in [0, 0.05) is 12.6 Å². The predicted octanol–water partition coefficient (Wildman–Crippen LogP) is -0.240. The highest BCUT2D eigenvalue weighted by atomic mass is 32.2. The number of ether oxygens (including phenoxy) is 2. The Morgan fingerprint density at radius 1 is 1.18 bits per heavy atom. The number of nitrogens with zero attached hydrogens (tertiary/aromatic N) is 1. The lowest BCUT2D eigenvalue weighted by Crippen LogP contribution is -2.43. The van der Waals surface area contributed by atoms with E-state index < -0.39 is 46.8 Å². The molecule has 154 valence electrons. The summed E-state index contributed by atoms with van der Waals surface area (Å²) in [5, 5.41) is 2.34. The summed E-state index contributed by atoms with van der Waals surface area (Å²) < 4.78 is 33.3. The molecule has 1 fully saturated rings. The van der Waals surface area contributed by atoms with Crippen LogP contribution in [-0.2, 0) is 29.0 Å². The van der Waals surface area contributed by atoms with Gasteiger partial charge in [-0.1, -0.05) is 18.2 Å². The highest BCUT2D eigenvalue weighted by Crippen LogP contribution is 2.17. The zero-order valence-corrected chi connectivity index (χ0v) is 16.4. The number of sulfone groups is 1. The Morgan fingerprint density at radius 2 is 1.89 bits per heavy atom. The van der Waals surface area contributed by atoms with Crippen LogP contribution >= 0.6 is 0 Å². The summed E-state index contributed by atoms with van der Waals surface area (Å²) in [5.74, 6) is -1.22. The molecule has 10 heteroatoms. The van der Waals surface area contributed by atoms with E-state index in [0.717, 1.165) is 0 Å². The van der Waals surface area contributed by atoms with Gasteiger partial charge < -0.3 is 19.7 Å². The Kier molecular flexibility index (Phi) is 7.80. The van der Waals surface area contributed by atoms with E-state index >= 15 is 0 Å². The van der Waals surface area contributed by atoms with Crippen LogP contribution in [0.4, 0.5) is 0 Å². The fraction of sp³-hybridized carbons (Fsp3) is 0.500. The smallest absolute Gasteiger partial charge is 0.325 e. The number of benzene rings is 1. The number of likely N-dealkylation sites (N-methyl/N-ethyl adjacent to an activating group) is 1. The summed E-state index contributed by atoms with van der Waals surface area (Å²) in [6.45, 7) is 0.908. The SMILES string of the molecule is CCN(C(=O)COC(=O)CNC(=O)COc1ccccc1)C1CCS(=O)(=O)C1. The van der Waals surface area contributed by atoms with E-state index in [1.54, 1.807) is 31.2 Å². The van der Waals surface area contributed by atoms with E-state index in [1.165, 1.54) is 4.90 Å². The maximum atomic E-state index is 12.2. The van der Waals surface area contributed by atoms with Crippen LogP contribution < -0.4 is 10.1 Å². The average molecular weight is 412 g/mol. The quantitative estimate of drug-likeness (QED) is 0.556. The fourth-order valence-corrected chi connectivity index (χ4v) is 4.55. The van der Waals surface area contributed by atoms with Crippen molar-refractivity contribution in [1.29, 1.82) is 0 Å². The van der Waals surface area contributed by atoms with Gasteiger partial charge in [-0.3, -0.25) is 14.4 Å². The van der Waals surface area contributed by atoms with Crippen molar-refractivity contribution in [1.82, 2.24) is 10.2 Å². The number of rotatable bonds is 9. The molecule has 1 saturated heterocycles. The predicted molar refractivity (Wildman–Crippen MR) is 100 cm³/mol. The molecule has 2 rings (SSSR count). The maximum Gasteiger partial charge on any atom is 0.325 e. The summed E-state index contributed by atoms with van der Waals surface area (Å²) in [4.78, 5) is 37.0. The number of hydrogen-bond donors (Lipinski definition) is 1. The highest BCUT2D eigenvalue weighted by Gasteiger charge is 2.34. The summed E-state index contributed by atoms with van der Waals surface area (Å²) in [7, 11) is -3.12. The van der Waals surface area contributed by atoms with Crippen molar-refractivity contribution in [3.8, 4) is 5.75 Å². The molecule has 1 N–H and O–H groups in total. The van der Waals surface area contributed by atoms with E-state index in [2.05, 4.69) is 5.32 Å². The fourth-order valence-electron chi connectivity index (χ4n) is 2.82. The summed E-state index contributed by atoms with van der Waals surface area (Å²) in [6, 6.07) is 8.35. The van der Waals surface area contributed by atoms with Crippen molar-refractivity contribution in [2.24, 2.45) is 0 Å². The molecule has 1 atom stereocenters. The second-order valence-corrected chi connectivity index (χ2v) is 8.50. The van der Waals surface area contributed by atoms with Gasteiger partial charge in [0.15, 0.2) is 23.1 Å². The Labute approximate surface area is 163 Å². The zero-order chi connectivity index (χ0) is 20.6. The second kappa shape index (κ2) is 10.1. The van der Waals surface area contributed by atoms with E-state index in [0.29, 0.717) is 18.7 Å². The Morgan fingerprint density at radius 3 is 2.50 bits per heavy atom. The first-order chi connectivity index (χ1) is 13.3. The van der Waals surface area contributed by atoms with Gasteiger partial charge in [-0.25, -0.2) is 8.42 Å². The number of hydrogen-bond acceptors (Lipinski definition) is 7. The number of carbonyl (C=O) groups is 3. The molecule has 0 aromatic heterocycles. The van der Waals surface area contributed by atoms with Crippen LogP contribution in [0.2, 0.25) is 0 Å². The molecular formula is C18H24N2O7S. The minimum absolute atomic E-state index is 0.0539. The molecule has 1 aliphatic heterocycles. The third kappa shape index (κ3) is 6.84. The van der Waals surface area contributed by atoms with Crippen LogP contribution in [0.5, 0.6) is 5.75 Å². The van der Waals surface area contributed by atoms with Crippen LogP contribution in [0.25, 0.3) is 0 Å². The number of esters is 1. The van der Waals surface area contributed by atoms with Gasteiger partial charge >= 0.3 is 5.97 Å². The Balaban J connectivity index is 1.68. The standard InChI is InChI=1S/C18H24N2O7S/c1-2-20(14-8-9-28(24,25)13-14)17(22)12-27-18(23)10-19-16(21)11-26-15-6-4-3-5-7-15/h3-7,14H,2,8-13H2,1H3,(H,19,21). The lowest BCUT2D eigenvalue weighted by Gasteiger charge is -2.26. The van der Waals surface area contributed by atoms with Crippen molar-refractivity contribution in [3.05, 3.63) is 30.3 Å². The minimum atomic E-state index is -3.12. The molecule has 1 aromatic carbocycles. The second-order valence-electron chi connectivity index (χ2n) is 6.28. The van der Waals surface area contributed by atoms with Crippen molar-refractivity contribution < 1.29 is 32.3 Å². The molecule has 0 aliphatic carbocycles. The lowest BCUT2D eigenvalue weighted by atomic mass is 10.2. The normalized spacial score (nSPS) is 17.5. The summed E-state index contributed by atoms with van der Waals surface area (Å²) >= 11 is 0. The summed E-state index contributed by atoms with van der Waals surface area (Å²) in [6.07, 6.45) is 0.382. The van der Waals surface area contributed by atoms with Gasteiger partial charge in [-0.15, -0.1) is 0 Å². The van der Waals surface area contributed by atoms with Crippen LogP contribution in [0, 0.1) is 0 Å². The molecular weight excluding hydrogens is 388 g/mol. The van der Waals surface area contributed by atoms with Crippen molar-refractivity contribution in [2.45, 2.75) is 19.4 Å². The van der Waals surface area contributed by atoms with E-state index in [9.17, 15) is 22.8 Å². The first-order valence-electron chi connectivity index (χ1n) is 8.91. The zero-order valence-electron chi connectivity index (χ0n) is 15.6. The Hall–Kier alpha value is -2.62. The van der Waals surface area contributed by atoms with Gasteiger partial charge in [0.25, 0.3) is 11.8 Å². The number of carbonyl (C=O) groups excluding carboxylic acids is 3. The first-order valence-corrected chi connectivity index (χ1v) is 10.7. The van der Waals surface area contributed by atoms with E-state index in [-0.39, 0.29) is 18.1 Å².